The lowest BCUT2D eigenvalue weighted by molar-refractivity contribution is 0.927. The molecular formula is C6H10N8. The standard InChI is InChI=1S/C6H10N8/c1-14-2-9-3-4(12-7)10-6(13-8)11-5(3)14/h2H,7-8H2,1H3,(H2,10,11,12,13). The highest BCUT2D eigenvalue weighted by atomic mass is 15.3. The Hall–Kier alpha value is -1.93. The largest absolute Gasteiger partial charge is 0.318 e. The fraction of sp³-hybridized carbons (Fsp3) is 0.167. The molecule has 0 fully saturated rings. The van der Waals surface area contributed by atoms with E-state index in [2.05, 4.69) is 25.8 Å². The molecule has 0 aliphatic carbocycles. The number of nitrogens with one attached hydrogen (secondary N) is 2. The lowest BCUT2D eigenvalue weighted by Crippen LogP contribution is -2.15. The van der Waals surface area contributed by atoms with Crippen molar-refractivity contribution < 1.29 is 0 Å². The van der Waals surface area contributed by atoms with Gasteiger partial charge in [-0.2, -0.15) is 9.97 Å². The minimum Gasteiger partial charge on any atom is -0.318 e. The monoisotopic (exact) mass is 194 g/mol. The zero-order valence-electron chi connectivity index (χ0n) is 7.52. The molecular weight excluding hydrogens is 184 g/mol. The number of fused-ring (bicyclic) bond motifs is 1. The molecule has 2 aromatic heterocycles. The van der Waals surface area contributed by atoms with E-state index >= 15 is 0 Å². The third-order valence-corrected chi connectivity index (χ3v) is 1.83. The molecule has 0 saturated carbocycles. The van der Waals surface area contributed by atoms with E-state index in [0.717, 1.165) is 0 Å². The molecule has 2 aromatic rings. The summed E-state index contributed by atoms with van der Waals surface area (Å²) in [6.07, 6.45) is 1.63. The number of hydrazine groups is 2. The summed E-state index contributed by atoms with van der Waals surface area (Å²) in [7, 11) is 1.82. The Kier molecular flexibility index (Phi) is 1.91. The van der Waals surface area contributed by atoms with Crippen LogP contribution in [0.3, 0.4) is 0 Å². The molecule has 2 heterocycles. The van der Waals surface area contributed by atoms with Crippen molar-refractivity contribution in [3.63, 3.8) is 0 Å². The van der Waals surface area contributed by atoms with Gasteiger partial charge >= 0.3 is 0 Å². The summed E-state index contributed by atoms with van der Waals surface area (Å²) in [4.78, 5) is 12.2. The molecule has 0 aliphatic heterocycles. The predicted octanol–water partition coefficient (Wildman–Crippen LogP) is -1.07. The number of aryl methyl sites for hydroxylation is 1. The summed E-state index contributed by atoms with van der Waals surface area (Å²) in [6, 6.07) is 0. The zero-order valence-corrected chi connectivity index (χ0v) is 7.52. The number of hydrogen-bond donors (Lipinski definition) is 4. The molecule has 0 saturated heterocycles. The summed E-state index contributed by atoms with van der Waals surface area (Å²) in [5.41, 5.74) is 6.05. The van der Waals surface area contributed by atoms with Gasteiger partial charge in [-0.25, -0.2) is 16.7 Å². The van der Waals surface area contributed by atoms with Crippen molar-refractivity contribution in [1.29, 1.82) is 0 Å². The van der Waals surface area contributed by atoms with Crippen LogP contribution >= 0.6 is 0 Å². The fourth-order valence-electron chi connectivity index (χ4n) is 1.17. The average Bonchev–Trinajstić information content (AvgIpc) is 2.59. The van der Waals surface area contributed by atoms with E-state index in [4.69, 9.17) is 11.7 Å². The summed E-state index contributed by atoms with van der Waals surface area (Å²) in [6.45, 7) is 0. The van der Waals surface area contributed by atoms with Crippen LogP contribution in [0.5, 0.6) is 0 Å². The number of nitrogens with two attached hydrogens (primary N) is 2. The van der Waals surface area contributed by atoms with E-state index in [0.29, 0.717) is 17.0 Å². The normalized spacial score (nSPS) is 10.5. The summed E-state index contributed by atoms with van der Waals surface area (Å²) >= 11 is 0. The van der Waals surface area contributed by atoms with Crippen LogP contribution < -0.4 is 22.5 Å². The third kappa shape index (κ3) is 1.13. The molecule has 8 nitrogen and oxygen atoms in total. The van der Waals surface area contributed by atoms with Crippen LogP contribution in [0.4, 0.5) is 11.8 Å². The quantitative estimate of drug-likeness (QED) is 0.355. The maximum atomic E-state index is 5.29. The highest BCUT2D eigenvalue weighted by Gasteiger charge is 2.09. The van der Waals surface area contributed by atoms with E-state index in [1.165, 1.54) is 0 Å². The lowest BCUT2D eigenvalue weighted by Gasteiger charge is -2.03. The van der Waals surface area contributed by atoms with Gasteiger partial charge in [0.05, 0.1) is 6.33 Å². The zero-order chi connectivity index (χ0) is 10.1. The number of anilines is 2. The minimum atomic E-state index is 0.286. The van der Waals surface area contributed by atoms with Gasteiger partial charge in [0.2, 0.25) is 5.95 Å². The molecule has 0 spiro atoms. The van der Waals surface area contributed by atoms with Crippen LogP contribution in [-0.4, -0.2) is 19.5 Å². The van der Waals surface area contributed by atoms with Crippen LogP contribution in [0.1, 0.15) is 0 Å². The van der Waals surface area contributed by atoms with E-state index in [1.807, 2.05) is 7.05 Å². The maximum absolute atomic E-state index is 5.29. The maximum Gasteiger partial charge on any atom is 0.241 e. The molecule has 6 N–H and O–H groups in total. The second kappa shape index (κ2) is 3.09. The second-order valence-corrected chi connectivity index (χ2v) is 2.71. The van der Waals surface area contributed by atoms with Gasteiger partial charge in [-0.15, -0.1) is 0 Å². The Morgan fingerprint density at radius 1 is 1.29 bits per heavy atom. The van der Waals surface area contributed by atoms with Crippen LogP contribution in [0, 0.1) is 0 Å². The molecule has 8 heteroatoms. The van der Waals surface area contributed by atoms with Gasteiger partial charge in [-0.1, -0.05) is 0 Å². The predicted molar refractivity (Wildman–Crippen MR) is 51.9 cm³/mol. The van der Waals surface area contributed by atoms with E-state index in [1.54, 1.807) is 10.9 Å². The van der Waals surface area contributed by atoms with Gasteiger partial charge in [-0.05, 0) is 0 Å². The molecule has 14 heavy (non-hydrogen) atoms. The Labute approximate surface area is 79.3 Å². The Balaban J connectivity index is 2.76. The van der Waals surface area contributed by atoms with Crippen LogP contribution in [0.25, 0.3) is 11.2 Å². The Morgan fingerprint density at radius 2 is 2.07 bits per heavy atom. The first kappa shape index (κ1) is 8.66. The van der Waals surface area contributed by atoms with Crippen molar-refractivity contribution >= 4 is 22.9 Å². The SMILES string of the molecule is Cn1cnc2c(NN)nc(NN)nc21. The second-order valence-electron chi connectivity index (χ2n) is 2.71. The first-order valence-electron chi connectivity index (χ1n) is 3.88. The van der Waals surface area contributed by atoms with Crippen molar-refractivity contribution in [2.45, 2.75) is 0 Å². The molecule has 0 unspecified atom stereocenters. The summed E-state index contributed by atoms with van der Waals surface area (Å²) in [5.74, 6) is 11.2. The van der Waals surface area contributed by atoms with Crippen molar-refractivity contribution in [3.05, 3.63) is 6.33 Å². The smallest absolute Gasteiger partial charge is 0.241 e. The van der Waals surface area contributed by atoms with Gasteiger partial charge in [0.1, 0.15) is 0 Å². The first-order chi connectivity index (χ1) is 6.76. The molecule has 0 amide bonds. The minimum absolute atomic E-state index is 0.286. The first-order valence-corrected chi connectivity index (χ1v) is 3.88. The molecule has 0 radical (unpaired) electrons. The molecule has 0 aliphatic rings. The van der Waals surface area contributed by atoms with E-state index in [9.17, 15) is 0 Å². The van der Waals surface area contributed by atoms with Crippen LogP contribution in [0.15, 0.2) is 6.33 Å². The van der Waals surface area contributed by atoms with Crippen LogP contribution in [-0.2, 0) is 7.05 Å². The molecule has 0 bridgehead atoms. The number of hydrogen-bond acceptors (Lipinski definition) is 7. The van der Waals surface area contributed by atoms with Gasteiger partial charge in [0, 0.05) is 7.05 Å². The Morgan fingerprint density at radius 3 is 2.71 bits per heavy atom. The average molecular weight is 194 g/mol. The van der Waals surface area contributed by atoms with Crippen molar-refractivity contribution in [3.8, 4) is 0 Å². The summed E-state index contributed by atoms with van der Waals surface area (Å²) in [5, 5.41) is 0. The van der Waals surface area contributed by atoms with Gasteiger partial charge in [-0.3, -0.25) is 5.43 Å². The van der Waals surface area contributed by atoms with E-state index < -0.39 is 0 Å². The number of nitrogen functional groups attached to an aromatic ring is 2. The van der Waals surface area contributed by atoms with Crippen molar-refractivity contribution in [2.75, 3.05) is 10.9 Å². The van der Waals surface area contributed by atoms with Crippen molar-refractivity contribution in [2.24, 2.45) is 18.7 Å². The van der Waals surface area contributed by atoms with Gasteiger partial charge < -0.3 is 9.99 Å². The van der Waals surface area contributed by atoms with Gasteiger partial charge in [0.15, 0.2) is 17.0 Å². The third-order valence-electron chi connectivity index (χ3n) is 1.83. The van der Waals surface area contributed by atoms with Gasteiger partial charge in [0.25, 0.3) is 0 Å². The fourth-order valence-corrected chi connectivity index (χ4v) is 1.17. The van der Waals surface area contributed by atoms with Crippen LogP contribution in [0.2, 0.25) is 0 Å². The number of rotatable bonds is 2. The summed E-state index contributed by atoms with van der Waals surface area (Å²) < 4.78 is 1.75. The molecule has 74 valence electrons. The molecule has 2 rings (SSSR count). The highest BCUT2D eigenvalue weighted by Crippen LogP contribution is 2.18. The number of aromatic nitrogens is 4. The topological polar surface area (TPSA) is 120 Å². The molecule has 0 atom stereocenters. The number of imidazole rings is 1. The Bertz CT molecular complexity index is 460. The number of nitrogens with zero attached hydrogens (tertiary/aromatic N) is 4. The molecule has 0 aromatic carbocycles. The lowest BCUT2D eigenvalue weighted by atomic mass is 10.5. The van der Waals surface area contributed by atoms with E-state index in [-0.39, 0.29) is 5.95 Å². The van der Waals surface area contributed by atoms with Crippen molar-refractivity contribution in [1.82, 2.24) is 19.5 Å². The highest BCUT2D eigenvalue weighted by molar-refractivity contribution is 5.83.